The van der Waals surface area contributed by atoms with Crippen molar-refractivity contribution in [3.8, 4) is 0 Å². The lowest BCUT2D eigenvalue weighted by Crippen LogP contribution is -2.70. The number of hydrogen-bond acceptors (Lipinski definition) is 11. The Kier molecular flexibility index (Phi) is 10.9. The summed E-state index contributed by atoms with van der Waals surface area (Å²) < 4.78 is 78.8. The molecule has 58 heavy (non-hydrogen) atoms. The van der Waals surface area contributed by atoms with Crippen molar-refractivity contribution >= 4 is 11.6 Å². The third-order valence-electron chi connectivity index (χ3n) is 15.0. The summed E-state index contributed by atoms with van der Waals surface area (Å²) in [7, 11) is 0. The fourth-order valence-corrected chi connectivity index (χ4v) is 11.8. The van der Waals surface area contributed by atoms with E-state index in [9.17, 15) is 13.2 Å². The van der Waals surface area contributed by atoms with Crippen LogP contribution < -0.4 is 10.6 Å². The van der Waals surface area contributed by atoms with Crippen LogP contribution in [0.25, 0.3) is 0 Å². The highest BCUT2D eigenvalue weighted by Crippen LogP contribution is 2.62. The number of anilines is 1. The first-order chi connectivity index (χ1) is 27.6. The molecule has 1 aromatic rings. The van der Waals surface area contributed by atoms with Gasteiger partial charge in [-0.3, -0.25) is 4.99 Å². The number of guanidine groups is 1. The van der Waals surface area contributed by atoms with Crippen LogP contribution in [0.3, 0.4) is 0 Å². The number of benzene rings is 1. The number of ether oxygens (including phenoxy) is 6. The first-order valence-corrected chi connectivity index (χ1v) is 21.5. The first kappa shape index (κ1) is 41.2. The van der Waals surface area contributed by atoms with Crippen molar-refractivity contribution < 1.29 is 61.1 Å². The fraction of sp³-hybridized carbons (Fsp3) is 0.833. The minimum atomic E-state index is -4.44. The Morgan fingerprint density at radius 1 is 0.707 bits per heavy atom. The van der Waals surface area contributed by atoms with E-state index in [1.165, 1.54) is 12.1 Å². The van der Waals surface area contributed by atoms with Crippen LogP contribution in [0, 0.1) is 47.3 Å². The van der Waals surface area contributed by atoms with E-state index in [2.05, 4.69) is 38.3 Å². The van der Waals surface area contributed by atoms with E-state index in [1.54, 1.807) is 0 Å². The monoisotopic (exact) mass is 823 g/mol. The maximum Gasteiger partial charge on any atom is 0.416 e. The zero-order valence-electron chi connectivity index (χ0n) is 34.4. The van der Waals surface area contributed by atoms with Gasteiger partial charge in [0.15, 0.2) is 42.3 Å². The van der Waals surface area contributed by atoms with Crippen molar-refractivity contribution in [3.05, 3.63) is 29.8 Å². The lowest BCUT2D eigenvalue weighted by atomic mass is 9.58. The van der Waals surface area contributed by atoms with Gasteiger partial charge in [0.1, 0.15) is 0 Å². The highest BCUT2D eigenvalue weighted by molar-refractivity contribution is 5.93. The van der Waals surface area contributed by atoms with Crippen LogP contribution in [-0.4, -0.2) is 80.2 Å². The summed E-state index contributed by atoms with van der Waals surface area (Å²) in [6.07, 6.45) is 0.674. The molecule has 13 nitrogen and oxygen atoms in total. The minimum absolute atomic E-state index is 0.00703. The topological polar surface area (TPSA) is 129 Å². The molecule has 324 valence electrons. The molecule has 16 atom stereocenters. The van der Waals surface area contributed by atoms with E-state index in [0.29, 0.717) is 30.0 Å². The van der Waals surface area contributed by atoms with Gasteiger partial charge in [-0.05, 0) is 100 Å². The number of nitrogens with zero attached hydrogens (tertiary/aromatic N) is 1. The molecular weight excluding hydrogens is 763 g/mol. The molecule has 4 bridgehead atoms. The van der Waals surface area contributed by atoms with E-state index in [4.69, 9.17) is 53.0 Å². The van der Waals surface area contributed by atoms with Gasteiger partial charge in [0.05, 0.1) is 25.3 Å². The normalized spacial score (nSPS) is 47.1. The molecule has 2 saturated carbocycles. The number of hydrogen-bond donors (Lipinski definition) is 2. The van der Waals surface area contributed by atoms with Gasteiger partial charge in [0.2, 0.25) is 11.6 Å². The third kappa shape index (κ3) is 7.08. The van der Waals surface area contributed by atoms with E-state index in [1.807, 2.05) is 13.8 Å². The van der Waals surface area contributed by atoms with Crippen LogP contribution in [0.2, 0.25) is 0 Å². The predicted octanol–water partition coefficient (Wildman–Crippen LogP) is 7.51. The molecule has 16 heteroatoms. The highest BCUT2D eigenvalue weighted by atomic mass is 19.4. The second kappa shape index (κ2) is 15.3. The summed E-state index contributed by atoms with van der Waals surface area (Å²) in [5.74, 6) is 0.289. The Morgan fingerprint density at radius 2 is 1.22 bits per heavy atom. The number of nitrogens with one attached hydrogen (secondary N) is 2. The van der Waals surface area contributed by atoms with E-state index < -0.39 is 59.7 Å². The number of halogens is 3. The maximum atomic E-state index is 13.3. The summed E-state index contributed by atoms with van der Waals surface area (Å²) in [4.78, 5) is 29.1. The summed E-state index contributed by atoms with van der Waals surface area (Å²) in [6, 6.07) is 4.84. The van der Waals surface area contributed by atoms with Crippen LogP contribution in [0.15, 0.2) is 29.3 Å². The predicted molar refractivity (Wildman–Crippen MR) is 201 cm³/mol. The first-order valence-electron chi connectivity index (χ1n) is 21.5. The quantitative estimate of drug-likeness (QED) is 0.111. The van der Waals surface area contributed by atoms with Gasteiger partial charge in [-0.1, -0.05) is 27.7 Å². The van der Waals surface area contributed by atoms with Gasteiger partial charge in [0.25, 0.3) is 0 Å². The number of alkyl halides is 3. The van der Waals surface area contributed by atoms with Gasteiger partial charge in [-0.2, -0.15) is 13.2 Å². The van der Waals surface area contributed by atoms with E-state index >= 15 is 0 Å². The molecule has 8 aliphatic heterocycles. The molecule has 0 aromatic heterocycles. The van der Waals surface area contributed by atoms with Crippen LogP contribution >= 0.6 is 0 Å². The molecule has 8 saturated heterocycles. The molecule has 11 rings (SSSR count). The standard InChI is InChI=1S/C42H60F3N3O10/c1-23-7-13-31-25(3)33(51-35-40(31)29(23)15-17-38(5,53-35)55-57-40)49-21-19-46-37(48-28-11-9-27(10-12-28)42(43,44)45)47-20-22-50-34-26(4)32-14-8-24(2)30-16-18-39(6)54-36(52-34)41(30,32)58-56-39/h9-12,23-26,29-36H,7-8,13-22H2,1-6H3,(H2,46,47,48)/t23-,24-,25-,26-,29+,30+,31+,32+,33+,34+,35-,36-,38+,39+,40-,41-/m1/s1. The van der Waals surface area contributed by atoms with Crippen molar-refractivity contribution in [2.45, 2.75) is 147 Å². The molecule has 2 N–H and O–H groups in total. The summed E-state index contributed by atoms with van der Waals surface area (Å²) in [5, 5.41) is 6.43. The Labute approximate surface area is 338 Å². The zero-order chi connectivity index (χ0) is 40.7. The molecule has 2 aliphatic carbocycles. The Balaban J connectivity index is 0.846. The fourth-order valence-electron chi connectivity index (χ4n) is 11.8. The molecule has 10 aliphatic rings. The number of fused-ring (bicyclic) bond motifs is 4. The second-order valence-corrected chi connectivity index (χ2v) is 18.6. The Hall–Kier alpha value is -2.12. The van der Waals surface area contributed by atoms with Crippen LogP contribution in [0.1, 0.15) is 98.5 Å². The SMILES string of the molecule is C[C@H]1[C@@H](OCCN=C(NCCO[C@H]2O[C@@H]3O[C@]4(C)CC[C@H]5[C@H](C)CC[C@@H]([C@H]2C)[C@@]35OO4)Nc2ccc(C(F)(F)F)cc2)O[C@@H]2O[C@]3(C)CC[C@H]4[C@H](C)CC[C@@H]1[C@@]24OO3. The van der Waals surface area contributed by atoms with Crippen molar-refractivity contribution in [1.29, 1.82) is 0 Å². The van der Waals surface area contributed by atoms with Crippen molar-refractivity contribution in [2.24, 2.45) is 52.3 Å². The molecule has 1 aromatic carbocycles. The van der Waals surface area contributed by atoms with Gasteiger partial charge in [-0.15, -0.1) is 0 Å². The van der Waals surface area contributed by atoms with Crippen molar-refractivity contribution in [3.63, 3.8) is 0 Å². The summed E-state index contributed by atoms with van der Waals surface area (Å²) >= 11 is 0. The molecular formula is C42H60F3N3O10. The van der Waals surface area contributed by atoms with Crippen LogP contribution in [-0.2, 0) is 54.1 Å². The van der Waals surface area contributed by atoms with Crippen molar-refractivity contribution in [1.82, 2.24) is 5.32 Å². The average molecular weight is 824 g/mol. The largest absolute Gasteiger partial charge is 0.416 e. The lowest BCUT2D eigenvalue weighted by Gasteiger charge is -2.60. The maximum absolute atomic E-state index is 13.3. The Morgan fingerprint density at radius 3 is 1.74 bits per heavy atom. The number of rotatable bonds is 9. The van der Waals surface area contributed by atoms with Crippen molar-refractivity contribution in [2.75, 3.05) is 31.6 Å². The van der Waals surface area contributed by atoms with E-state index in [0.717, 1.165) is 63.5 Å². The lowest BCUT2D eigenvalue weighted by molar-refractivity contribution is -0.577. The molecule has 10 fully saturated rings. The van der Waals surface area contributed by atoms with Gasteiger partial charge in [-0.25, -0.2) is 19.6 Å². The summed E-state index contributed by atoms with van der Waals surface area (Å²) in [6.45, 7) is 13.7. The smallest absolute Gasteiger partial charge is 0.354 e. The summed E-state index contributed by atoms with van der Waals surface area (Å²) in [5.41, 5.74) is -1.65. The molecule has 0 amide bonds. The minimum Gasteiger partial charge on any atom is -0.354 e. The Bertz CT molecular complexity index is 1680. The van der Waals surface area contributed by atoms with Crippen LogP contribution in [0.5, 0.6) is 0 Å². The van der Waals surface area contributed by atoms with Crippen LogP contribution in [0.4, 0.5) is 18.9 Å². The molecule has 0 radical (unpaired) electrons. The van der Waals surface area contributed by atoms with Gasteiger partial charge >= 0.3 is 6.18 Å². The highest BCUT2D eigenvalue weighted by Gasteiger charge is 2.71. The van der Waals surface area contributed by atoms with E-state index in [-0.39, 0.29) is 55.3 Å². The molecule has 2 spiro atoms. The molecule has 8 heterocycles. The number of aliphatic imine (C=N–C) groups is 1. The third-order valence-corrected chi connectivity index (χ3v) is 15.0. The zero-order valence-corrected chi connectivity index (χ0v) is 34.4. The van der Waals surface area contributed by atoms with Gasteiger partial charge < -0.3 is 39.1 Å². The molecule has 0 unspecified atom stereocenters. The second-order valence-electron chi connectivity index (χ2n) is 18.6. The average Bonchev–Trinajstić information content (AvgIpc) is 3.56. The van der Waals surface area contributed by atoms with Gasteiger partial charge in [0, 0.05) is 48.7 Å².